The van der Waals surface area contributed by atoms with E-state index in [4.69, 9.17) is 24.4 Å². The number of rotatable bonds is 7. The molecule has 1 unspecified atom stereocenters. The summed E-state index contributed by atoms with van der Waals surface area (Å²) < 4.78 is 26.6. The molecule has 2 heterocycles. The number of para-hydroxylation sites is 1. The summed E-state index contributed by atoms with van der Waals surface area (Å²) in [7, 11) is 1.26. The first-order chi connectivity index (χ1) is 15.4. The molecule has 0 aliphatic carbocycles. The van der Waals surface area contributed by atoms with E-state index in [0.717, 1.165) is 0 Å². The van der Waals surface area contributed by atoms with Crippen LogP contribution in [-0.2, 0) is 25.6 Å². The maximum absolute atomic E-state index is 12.7. The zero-order chi connectivity index (χ0) is 23.3. The Morgan fingerprint density at radius 2 is 1.94 bits per heavy atom. The van der Waals surface area contributed by atoms with Crippen molar-refractivity contribution in [1.82, 2.24) is 0 Å². The lowest BCUT2D eigenvalue weighted by atomic mass is 9.82. The van der Waals surface area contributed by atoms with Crippen LogP contribution >= 0.6 is 0 Å². The number of allylic oxidation sites excluding steroid dienone is 2. The molecule has 0 spiro atoms. The first-order valence-corrected chi connectivity index (χ1v) is 9.75. The highest BCUT2D eigenvalue weighted by atomic mass is 16.5. The Morgan fingerprint density at radius 1 is 1.19 bits per heavy atom. The predicted octanol–water partition coefficient (Wildman–Crippen LogP) is 3.29. The van der Waals surface area contributed by atoms with E-state index in [9.17, 15) is 14.9 Å². The molecule has 0 radical (unpaired) electrons. The predicted molar refractivity (Wildman–Crippen MR) is 111 cm³/mol. The molecule has 0 saturated heterocycles. The third kappa shape index (κ3) is 4.44. The van der Waals surface area contributed by atoms with Gasteiger partial charge >= 0.3 is 11.9 Å². The Morgan fingerprint density at radius 3 is 2.62 bits per heavy atom. The zero-order valence-electron chi connectivity index (χ0n) is 17.8. The standard InChI is InChI=1S/C23H22N2O7/c1-4-29-23(27)19-13(2)31-21(25)16(11-24)20(19)15-7-5-6-8-17(15)30-12-14-9-10-18(32-14)22(26)28-3/h5-10,20H,4,12,25H2,1-3H3. The lowest BCUT2D eigenvalue weighted by molar-refractivity contribution is -0.139. The lowest BCUT2D eigenvalue weighted by Crippen LogP contribution is -2.25. The second kappa shape index (κ2) is 9.75. The maximum Gasteiger partial charge on any atom is 0.373 e. The SMILES string of the molecule is CCOC(=O)C1=C(C)OC(N)=C(C#N)C1c1ccccc1OCc1ccc(C(=O)OC)o1. The van der Waals surface area contributed by atoms with Gasteiger partial charge in [0.05, 0.1) is 25.2 Å². The van der Waals surface area contributed by atoms with Gasteiger partial charge in [-0.1, -0.05) is 18.2 Å². The number of ether oxygens (including phenoxy) is 4. The average Bonchev–Trinajstić information content (AvgIpc) is 3.26. The van der Waals surface area contributed by atoms with Crippen molar-refractivity contribution >= 4 is 11.9 Å². The Kier molecular flexibility index (Phi) is 6.85. The molecule has 0 amide bonds. The van der Waals surface area contributed by atoms with Gasteiger partial charge in [0.15, 0.2) is 0 Å². The highest BCUT2D eigenvalue weighted by molar-refractivity contribution is 5.92. The van der Waals surface area contributed by atoms with Crippen molar-refractivity contribution in [2.75, 3.05) is 13.7 Å². The fourth-order valence-corrected chi connectivity index (χ4v) is 3.33. The van der Waals surface area contributed by atoms with Crippen molar-refractivity contribution in [1.29, 1.82) is 5.26 Å². The van der Waals surface area contributed by atoms with Gasteiger partial charge in [-0.3, -0.25) is 0 Å². The topological polar surface area (TPSA) is 134 Å². The minimum absolute atomic E-state index is 0.00422. The molecule has 1 aliphatic heterocycles. The molecular weight excluding hydrogens is 416 g/mol. The van der Waals surface area contributed by atoms with Crippen LogP contribution in [0.3, 0.4) is 0 Å². The van der Waals surface area contributed by atoms with Crippen molar-refractivity contribution < 1.29 is 33.0 Å². The molecule has 9 heteroatoms. The van der Waals surface area contributed by atoms with Crippen LogP contribution in [0.25, 0.3) is 0 Å². The number of esters is 2. The maximum atomic E-state index is 12.7. The van der Waals surface area contributed by atoms with Crippen molar-refractivity contribution in [3.63, 3.8) is 0 Å². The molecule has 1 aromatic heterocycles. The third-order valence-corrected chi connectivity index (χ3v) is 4.75. The van der Waals surface area contributed by atoms with E-state index in [1.807, 2.05) is 6.07 Å². The van der Waals surface area contributed by atoms with Crippen molar-refractivity contribution in [2.45, 2.75) is 26.4 Å². The molecule has 0 saturated carbocycles. The summed E-state index contributed by atoms with van der Waals surface area (Å²) in [5.74, 6) is -1.07. The number of methoxy groups -OCH3 is 1. The van der Waals surface area contributed by atoms with Gasteiger partial charge < -0.3 is 29.1 Å². The monoisotopic (exact) mass is 438 g/mol. The number of benzene rings is 1. The average molecular weight is 438 g/mol. The van der Waals surface area contributed by atoms with Crippen LogP contribution in [-0.4, -0.2) is 25.7 Å². The first kappa shape index (κ1) is 22.5. The largest absolute Gasteiger partial charge is 0.485 e. The fraction of sp³-hybridized carbons (Fsp3) is 0.261. The van der Waals surface area contributed by atoms with E-state index >= 15 is 0 Å². The smallest absolute Gasteiger partial charge is 0.373 e. The van der Waals surface area contributed by atoms with Gasteiger partial charge in [-0.2, -0.15) is 5.26 Å². The van der Waals surface area contributed by atoms with Crippen molar-refractivity contribution in [3.8, 4) is 11.8 Å². The number of hydrogen-bond acceptors (Lipinski definition) is 9. The number of nitrogens with two attached hydrogens (primary N) is 1. The lowest BCUT2D eigenvalue weighted by Gasteiger charge is -2.27. The number of hydrogen-bond donors (Lipinski definition) is 1. The number of carbonyl (C=O) groups excluding carboxylic acids is 2. The minimum atomic E-state index is -0.841. The molecule has 166 valence electrons. The van der Waals surface area contributed by atoms with Gasteiger partial charge in [-0.05, 0) is 32.0 Å². The number of carbonyl (C=O) groups is 2. The van der Waals surface area contributed by atoms with Gasteiger partial charge in [0, 0.05) is 5.56 Å². The Hall–Kier alpha value is -4.19. The second-order valence-electron chi connectivity index (χ2n) is 6.70. The van der Waals surface area contributed by atoms with Gasteiger partial charge in [0.2, 0.25) is 11.6 Å². The summed E-state index contributed by atoms with van der Waals surface area (Å²) in [5.41, 5.74) is 6.71. The van der Waals surface area contributed by atoms with Crippen LogP contribution in [0.4, 0.5) is 0 Å². The number of nitrogens with zero attached hydrogens (tertiary/aromatic N) is 1. The summed E-state index contributed by atoms with van der Waals surface area (Å²) in [5, 5.41) is 9.74. The van der Waals surface area contributed by atoms with Crippen LogP contribution in [0.15, 0.2) is 63.6 Å². The van der Waals surface area contributed by atoms with E-state index in [2.05, 4.69) is 4.74 Å². The fourth-order valence-electron chi connectivity index (χ4n) is 3.33. The Balaban J connectivity index is 1.98. The number of furan rings is 1. The van der Waals surface area contributed by atoms with Gasteiger partial charge in [-0.25, -0.2) is 9.59 Å². The summed E-state index contributed by atoms with van der Waals surface area (Å²) in [6.45, 7) is 3.42. The molecule has 3 rings (SSSR count). The van der Waals surface area contributed by atoms with Crippen LogP contribution in [0.2, 0.25) is 0 Å². The zero-order valence-corrected chi connectivity index (χ0v) is 17.8. The molecule has 2 N–H and O–H groups in total. The molecular formula is C23H22N2O7. The van der Waals surface area contributed by atoms with E-state index in [1.165, 1.54) is 13.2 Å². The van der Waals surface area contributed by atoms with Gasteiger partial charge in [-0.15, -0.1) is 0 Å². The number of nitriles is 1. The summed E-state index contributed by atoms with van der Waals surface area (Å²) in [6.07, 6.45) is 0. The molecule has 9 nitrogen and oxygen atoms in total. The van der Waals surface area contributed by atoms with Crippen LogP contribution in [0, 0.1) is 11.3 Å². The Labute approximate surface area is 184 Å². The molecule has 2 aromatic rings. The molecule has 1 atom stereocenters. The quantitative estimate of drug-likeness (QED) is 0.646. The first-order valence-electron chi connectivity index (χ1n) is 9.75. The van der Waals surface area contributed by atoms with Crippen LogP contribution in [0.1, 0.15) is 41.6 Å². The van der Waals surface area contributed by atoms with Crippen molar-refractivity contribution in [2.24, 2.45) is 5.73 Å². The highest BCUT2D eigenvalue weighted by Crippen LogP contribution is 2.43. The van der Waals surface area contributed by atoms with Crippen LogP contribution in [0.5, 0.6) is 5.75 Å². The highest BCUT2D eigenvalue weighted by Gasteiger charge is 2.37. The van der Waals surface area contributed by atoms with E-state index in [0.29, 0.717) is 17.1 Å². The molecule has 0 bridgehead atoms. The molecule has 1 aromatic carbocycles. The minimum Gasteiger partial charge on any atom is -0.485 e. The van der Waals surface area contributed by atoms with E-state index in [-0.39, 0.29) is 41.8 Å². The van der Waals surface area contributed by atoms with E-state index < -0.39 is 17.9 Å². The second-order valence-corrected chi connectivity index (χ2v) is 6.70. The molecule has 1 aliphatic rings. The Bertz CT molecular complexity index is 1140. The normalized spacial score (nSPS) is 15.6. The molecule has 0 fully saturated rings. The van der Waals surface area contributed by atoms with Gasteiger partial charge in [0.25, 0.3) is 0 Å². The summed E-state index contributed by atoms with van der Waals surface area (Å²) >= 11 is 0. The summed E-state index contributed by atoms with van der Waals surface area (Å²) in [4.78, 5) is 24.3. The summed E-state index contributed by atoms with van der Waals surface area (Å²) in [6, 6.07) is 12.0. The van der Waals surface area contributed by atoms with Crippen molar-refractivity contribution in [3.05, 3.63) is 76.3 Å². The van der Waals surface area contributed by atoms with E-state index in [1.54, 1.807) is 44.2 Å². The van der Waals surface area contributed by atoms with Crippen LogP contribution < -0.4 is 10.5 Å². The van der Waals surface area contributed by atoms with Gasteiger partial charge in [0.1, 0.15) is 35.5 Å². The molecule has 32 heavy (non-hydrogen) atoms. The third-order valence-electron chi connectivity index (χ3n) is 4.75.